The van der Waals surface area contributed by atoms with Gasteiger partial charge < -0.3 is 5.32 Å². The number of nitro groups is 2. The quantitative estimate of drug-likeness (QED) is 0.485. The van der Waals surface area contributed by atoms with Gasteiger partial charge in [-0.05, 0) is 31.2 Å². The molecule has 0 bridgehead atoms. The fraction of sp³-hybridized carbons (Fsp3) is 0.133. The highest BCUT2D eigenvalue weighted by atomic mass is 32.2. The summed E-state index contributed by atoms with van der Waals surface area (Å²) in [5.41, 5.74) is 0.394. The van der Waals surface area contributed by atoms with Crippen LogP contribution < -0.4 is 5.32 Å². The molecule has 0 radical (unpaired) electrons. The Hall–Kier alpha value is -2.94. The van der Waals surface area contributed by atoms with Gasteiger partial charge in [-0.15, -0.1) is 11.8 Å². The summed E-state index contributed by atoms with van der Waals surface area (Å²) in [7, 11) is 0. The van der Waals surface area contributed by atoms with Crippen LogP contribution in [0.15, 0.2) is 53.4 Å². The first-order valence-corrected chi connectivity index (χ1v) is 7.71. The highest BCUT2D eigenvalue weighted by Gasteiger charge is 2.16. The Morgan fingerprint density at radius 2 is 1.42 bits per heavy atom. The molecule has 0 aliphatic carbocycles. The second-order valence-corrected chi connectivity index (χ2v) is 6.22. The third-order valence-electron chi connectivity index (χ3n) is 3.08. The lowest BCUT2D eigenvalue weighted by atomic mass is 10.3. The molecule has 1 atom stereocenters. The Bertz CT molecular complexity index is 762. The van der Waals surface area contributed by atoms with Crippen LogP contribution in [-0.4, -0.2) is 21.0 Å². The number of hydrogen-bond acceptors (Lipinski definition) is 6. The van der Waals surface area contributed by atoms with E-state index in [1.807, 2.05) is 0 Å². The Kier molecular flexibility index (Phi) is 5.48. The number of nitrogens with zero attached hydrogens (tertiary/aromatic N) is 2. The minimum Gasteiger partial charge on any atom is -0.325 e. The smallest absolute Gasteiger partial charge is 0.269 e. The van der Waals surface area contributed by atoms with Crippen molar-refractivity contribution in [3.8, 4) is 0 Å². The van der Waals surface area contributed by atoms with Crippen molar-refractivity contribution in [2.45, 2.75) is 17.1 Å². The number of anilines is 1. The molecule has 0 saturated carbocycles. The van der Waals surface area contributed by atoms with Crippen molar-refractivity contribution in [2.75, 3.05) is 5.32 Å². The summed E-state index contributed by atoms with van der Waals surface area (Å²) in [6.45, 7) is 1.70. The van der Waals surface area contributed by atoms with Gasteiger partial charge in [-0.1, -0.05) is 0 Å². The first-order chi connectivity index (χ1) is 11.4. The maximum absolute atomic E-state index is 12.1. The highest BCUT2D eigenvalue weighted by molar-refractivity contribution is 8.00. The van der Waals surface area contributed by atoms with Gasteiger partial charge in [-0.2, -0.15) is 0 Å². The molecule has 0 heterocycles. The van der Waals surface area contributed by atoms with E-state index in [0.717, 1.165) is 4.90 Å². The summed E-state index contributed by atoms with van der Waals surface area (Å²) in [5, 5.41) is 23.4. The standard InChI is InChI=1S/C15H13N3O5S/c1-10(24-14-8-6-13(7-9-14)18(22)23)15(19)16-11-2-4-12(5-3-11)17(20)21/h2-10H,1H3,(H,16,19). The molecular weight excluding hydrogens is 334 g/mol. The van der Waals surface area contributed by atoms with Crippen LogP contribution in [0.2, 0.25) is 0 Å². The topological polar surface area (TPSA) is 115 Å². The number of rotatable bonds is 6. The molecule has 2 aromatic carbocycles. The van der Waals surface area contributed by atoms with Gasteiger partial charge in [-0.25, -0.2) is 0 Å². The number of benzene rings is 2. The van der Waals surface area contributed by atoms with Crippen molar-refractivity contribution in [3.05, 3.63) is 68.8 Å². The summed E-state index contributed by atoms with van der Waals surface area (Å²) in [5.74, 6) is -0.271. The van der Waals surface area contributed by atoms with Crippen LogP contribution in [-0.2, 0) is 4.79 Å². The molecule has 9 heteroatoms. The number of hydrogen-bond donors (Lipinski definition) is 1. The zero-order chi connectivity index (χ0) is 17.7. The molecule has 0 aromatic heterocycles. The average molecular weight is 347 g/mol. The first-order valence-electron chi connectivity index (χ1n) is 6.83. The maximum atomic E-state index is 12.1. The van der Waals surface area contributed by atoms with E-state index < -0.39 is 15.1 Å². The van der Waals surface area contributed by atoms with E-state index in [2.05, 4.69) is 5.32 Å². The van der Waals surface area contributed by atoms with E-state index in [0.29, 0.717) is 5.69 Å². The van der Waals surface area contributed by atoms with Crippen molar-refractivity contribution >= 4 is 34.7 Å². The normalized spacial score (nSPS) is 11.5. The van der Waals surface area contributed by atoms with E-state index in [-0.39, 0.29) is 17.3 Å². The van der Waals surface area contributed by atoms with Crippen molar-refractivity contribution in [2.24, 2.45) is 0 Å². The molecule has 1 N–H and O–H groups in total. The molecule has 2 rings (SSSR count). The average Bonchev–Trinajstić information content (AvgIpc) is 2.55. The van der Waals surface area contributed by atoms with Gasteiger partial charge in [0.1, 0.15) is 0 Å². The predicted octanol–water partition coefficient (Wildman–Crippen LogP) is 3.62. The molecule has 8 nitrogen and oxygen atoms in total. The summed E-state index contributed by atoms with van der Waals surface area (Å²) < 4.78 is 0. The number of carbonyl (C=O) groups excluding carboxylic acids is 1. The van der Waals surface area contributed by atoms with Gasteiger partial charge in [0.05, 0.1) is 15.1 Å². The van der Waals surface area contributed by atoms with Crippen LogP contribution in [0.25, 0.3) is 0 Å². The van der Waals surface area contributed by atoms with Crippen LogP contribution in [0.5, 0.6) is 0 Å². The van der Waals surface area contributed by atoms with Gasteiger partial charge in [0.15, 0.2) is 0 Å². The highest BCUT2D eigenvalue weighted by Crippen LogP contribution is 2.26. The van der Waals surface area contributed by atoms with Gasteiger partial charge >= 0.3 is 0 Å². The summed E-state index contributed by atoms with van der Waals surface area (Å²) in [6.07, 6.45) is 0. The number of amides is 1. The Morgan fingerprint density at radius 1 is 0.958 bits per heavy atom. The summed E-state index contributed by atoms with van der Waals surface area (Å²) in [4.78, 5) is 33.1. The lowest BCUT2D eigenvalue weighted by Crippen LogP contribution is -2.22. The Morgan fingerprint density at radius 3 is 1.88 bits per heavy atom. The second kappa shape index (κ2) is 7.55. The number of non-ortho nitro benzene ring substituents is 2. The molecule has 2 aromatic rings. The molecule has 0 saturated heterocycles. The first kappa shape index (κ1) is 17.4. The maximum Gasteiger partial charge on any atom is 0.269 e. The van der Waals surface area contributed by atoms with Crippen LogP contribution in [0.1, 0.15) is 6.92 Å². The van der Waals surface area contributed by atoms with E-state index in [1.54, 1.807) is 19.1 Å². The van der Waals surface area contributed by atoms with Crippen LogP contribution in [0.4, 0.5) is 17.1 Å². The summed E-state index contributed by atoms with van der Waals surface area (Å²) >= 11 is 1.26. The molecule has 0 aliphatic rings. The molecule has 0 spiro atoms. The fourth-order valence-electron chi connectivity index (χ4n) is 1.81. The third-order valence-corrected chi connectivity index (χ3v) is 4.19. The van der Waals surface area contributed by atoms with Crippen molar-refractivity contribution in [3.63, 3.8) is 0 Å². The summed E-state index contributed by atoms with van der Waals surface area (Å²) in [6, 6.07) is 11.5. The zero-order valence-electron chi connectivity index (χ0n) is 12.5. The van der Waals surface area contributed by atoms with Crippen molar-refractivity contribution in [1.82, 2.24) is 0 Å². The Balaban J connectivity index is 1.96. The van der Waals surface area contributed by atoms with Crippen LogP contribution in [0.3, 0.4) is 0 Å². The fourth-order valence-corrected chi connectivity index (χ4v) is 2.68. The molecule has 1 amide bonds. The monoisotopic (exact) mass is 347 g/mol. The molecule has 0 aliphatic heterocycles. The van der Waals surface area contributed by atoms with Gasteiger partial charge in [0.2, 0.25) is 5.91 Å². The number of carbonyl (C=O) groups is 1. The van der Waals surface area contributed by atoms with Gasteiger partial charge in [0.25, 0.3) is 11.4 Å². The van der Waals surface area contributed by atoms with Crippen LogP contribution in [0, 0.1) is 20.2 Å². The van der Waals surface area contributed by atoms with Crippen molar-refractivity contribution < 1.29 is 14.6 Å². The van der Waals surface area contributed by atoms with Crippen LogP contribution >= 0.6 is 11.8 Å². The lowest BCUT2D eigenvalue weighted by Gasteiger charge is -2.11. The van der Waals surface area contributed by atoms with E-state index in [4.69, 9.17) is 0 Å². The second-order valence-electron chi connectivity index (χ2n) is 4.80. The molecule has 1 unspecified atom stereocenters. The molecule has 0 fully saturated rings. The van der Waals surface area contributed by atoms with E-state index >= 15 is 0 Å². The number of nitrogens with one attached hydrogen (secondary N) is 1. The third kappa shape index (κ3) is 4.53. The minimum absolute atomic E-state index is 0.0117. The zero-order valence-corrected chi connectivity index (χ0v) is 13.4. The van der Waals surface area contributed by atoms with E-state index in [9.17, 15) is 25.0 Å². The molecule has 24 heavy (non-hydrogen) atoms. The van der Waals surface area contributed by atoms with E-state index in [1.165, 1.54) is 48.2 Å². The number of thioether (sulfide) groups is 1. The molecular formula is C15H13N3O5S. The lowest BCUT2D eigenvalue weighted by molar-refractivity contribution is -0.385. The predicted molar refractivity (Wildman–Crippen MR) is 90.1 cm³/mol. The molecule has 124 valence electrons. The SMILES string of the molecule is CC(Sc1ccc([N+](=O)[O-])cc1)C(=O)Nc1ccc([N+](=O)[O-])cc1. The minimum atomic E-state index is -0.515. The van der Waals surface area contributed by atoms with Crippen molar-refractivity contribution in [1.29, 1.82) is 0 Å². The number of nitro benzene ring substituents is 2. The van der Waals surface area contributed by atoms with Gasteiger partial charge in [-0.3, -0.25) is 25.0 Å². The largest absolute Gasteiger partial charge is 0.325 e. The Labute approximate surface area is 141 Å². The van der Waals surface area contributed by atoms with Gasteiger partial charge in [0, 0.05) is 34.8 Å².